The van der Waals surface area contributed by atoms with E-state index in [0.717, 1.165) is 32.5 Å². The molecule has 1 aromatic carbocycles. The predicted molar refractivity (Wildman–Crippen MR) is 105 cm³/mol. The highest BCUT2D eigenvalue weighted by atomic mass is 16.5. The third-order valence-electron chi connectivity index (χ3n) is 5.95. The summed E-state index contributed by atoms with van der Waals surface area (Å²) in [6, 6.07) is 14.7. The molecule has 0 N–H and O–H groups in total. The average molecular weight is 376 g/mol. The van der Waals surface area contributed by atoms with Crippen LogP contribution >= 0.6 is 0 Å². The lowest BCUT2D eigenvalue weighted by molar-refractivity contribution is -0.0695. The SMILES string of the molecule is CN1CCC(COc2ccccn2)CC12CN(C(=O)c1cccc(C#N)c1)C2. The van der Waals surface area contributed by atoms with Crippen LogP contribution in [0.3, 0.4) is 0 Å². The van der Waals surface area contributed by atoms with Crippen LogP contribution in [0.2, 0.25) is 0 Å². The van der Waals surface area contributed by atoms with Gasteiger partial charge in [-0.1, -0.05) is 12.1 Å². The minimum Gasteiger partial charge on any atom is -0.477 e. The molecule has 2 aliphatic rings. The van der Waals surface area contributed by atoms with Crippen molar-refractivity contribution in [1.82, 2.24) is 14.8 Å². The number of nitriles is 1. The molecule has 2 aromatic rings. The minimum atomic E-state index is 0.00276. The van der Waals surface area contributed by atoms with Crippen LogP contribution in [-0.2, 0) is 0 Å². The van der Waals surface area contributed by atoms with Gasteiger partial charge in [-0.2, -0.15) is 5.26 Å². The quantitative estimate of drug-likeness (QED) is 0.820. The molecule has 0 radical (unpaired) electrons. The fourth-order valence-corrected chi connectivity index (χ4v) is 4.27. The van der Waals surface area contributed by atoms with E-state index in [9.17, 15) is 4.79 Å². The van der Waals surface area contributed by atoms with Crippen molar-refractivity contribution in [2.75, 3.05) is 33.3 Å². The number of carbonyl (C=O) groups excluding carboxylic acids is 1. The lowest BCUT2D eigenvalue weighted by Gasteiger charge is -2.58. The van der Waals surface area contributed by atoms with Crippen LogP contribution < -0.4 is 4.74 Å². The van der Waals surface area contributed by atoms with Crippen molar-refractivity contribution in [3.8, 4) is 11.9 Å². The Bertz CT molecular complexity index is 887. The zero-order chi connectivity index (χ0) is 19.6. The van der Waals surface area contributed by atoms with Gasteiger partial charge in [-0.3, -0.25) is 9.69 Å². The average Bonchev–Trinajstić information content (AvgIpc) is 2.72. The molecule has 1 atom stereocenters. The topological polar surface area (TPSA) is 69.5 Å². The van der Waals surface area contributed by atoms with Gasteiger partial charge in [0.2, 0.25) is 5.88 Å². The Morgan fingerprint density at radius 2 is 2.18 bits per heavy atom. The highest BCUT2D eigenvalue weighted by Crippen LogP contribution is 2.39. The third-order valence-corrected chi connectivity index (χ3v) is 5.95. The van der Waals surface area contributed by atoms with Crippen molar-refractivity contribution in [3.05, 3.63) is 59.8 Å². The molecule has 1 spiro atoms. The number of rotatable bonds is 4. The molecule has 0 bridgehead atoms. The van der Waals surface area contributed by atoms with Crippen molar-refractivity contribution < 1.29 is 9.53 Å². The van der Waals surface area contributed by atoms with Gasteiger partial charge in [0.25, 0.3) is 5.91 Å². The fraction of sp³-hybridized carbons (Fsp3) is 0.409. The van der Waals surface area contributed by atoms with Gasteiger partial charge >= 0.3 is 0 Å². The van der Waals surface area contributed by atoms with E-state index in [1.54, 1.807) is 30.5 Å². The molecule has 28 heavy (non-hydrogen) atoms. The Hall–Kier alpha value is -2.91. The van der Waals surface area contributed by atoms with E-state index < -0.39 is 0 Å². The summed E-state index contributed by atoms with van der Waals surface area (Å²) in [5.74, 6) is 1.12. The summed E-state index contributed by atoms with van der Waals surface area (Å²) in [4.78, 5) is 21.3. The largest absolute Gasteiger partial charge is 0.477 e. The number of ether oxygens (including phenoxy) is 1. The molecule has 0 saturated carbocycles. The number of piperidine rings is 1. The zero-order valence-electron chi connectivity index (χ0n) is 16.0. The van der Waals surface area contributed by atoms with Gasteiger partial charge in [0.05, 0.1) is 23.8 Å². The van der Waals surface area contributed by atoms with Crippen LogP contribution in [-0.4, -0.2) is 59.5 Å². The number of hydrogen-bond donors (Lipinski definition) is 0. The van der Waals surface area contributed by atoms with Crippen LogP contribution in [0.15, 0.2) is 48.7 Å². The summed E-state index contributed by atoms with van der Waals surface area (Å²) in [5.41, 5.74) is 1.13. The van der Waals surface area contributed by atoms with E-state index >= 15 is 0 Å². The molecular weight excluding hydrogens is 352 g/mol. The predicted octanol–water partition coefficient (Wildman–Crippen LogP) is 2.57. The molecule has 2 saturated heterocycles. The molecule has 2 aliphatic heterocycles. The summed E-state index contributed by atoms with van der Waals surface area (Å²) < 4.78 is 5.87. The molecule has 6 heteroatoms. The maximum atomic E-state index is 12.8. The fourth-order valence-electron chi connectivity index (χ4n) is 4.27. The summed E-state index contributed by atoms with van der Waals surface area (Å²) in [6.07, 6.45) is 3.84. The van der Waals surface area contributed by atoms with Crippen LogP contribution in [0.1, 0.15) is 28.8 Å². The number of likely N-dealkylation sites (N-methyl/N-ethyl adjacent to an activating group) is 1. The number of carbonyl (C=O) groups is 1. The third kappa shape index (κ3) is 3.58. The number of aromatic nitrogens is 1. The Kier molecular flexibility index (Phi) is 5.01. The standard InChI is InChI=1S/C22H24N4O2/c1-25-10-8-18(14-28-20-7-2-3-9-24-20)12-22(25)15-26(16-22)21(27)19-6-4-5-17(11-19)13-23/h2-7,9,11,18H,8,10,12,14-16H2,1H3. The maximum Gasteiger partial charge on any atom is 0.254 e. The minimum absolute atomic E-state index is 0.00276. The maximum absolute atomic E-state index is 12.8. The Morgan fingerprint density at radius 3 is 2.93 bits per heavy atom. The normalized spacial score (nSPS) is 21.0. The molecule has 1 aromatic heterocycles. The molecule has 3 heterocycles. The monoisotopic (exact) mass is 376 g/mol. The van der Waals surface area contributed by atoms with Gasteiger partial charge in [-0.05, 0) is 56.6 Å². The van der Waals surface area contributed by atoms with E-state index in [1.807, 2.05) is 23.1 Å². The van der Waals surface area contributed by atoms with Crippen LogP contribution in [0.4, 0.5) is 0 Å². The van der Waals surface area contributed by atoms with E-state index in [-0.39, 0.29) is 11.4 Å². The first-order chi connectivity index (χ1) is 13.6. The number of likely N-dealkylation sites (tertiary alicyclic amines) is 2. The molecule has 1 unspecified atom stereocenters. The Labute approximate surface area is 165 Å². The summed E-state index contributed by atoms with van der Waals surface area (Å²) in [6.45, 7) is 3.10. The van der Waals surface area contributed by atoms with Crippen molar-refractivity contribution in [1.29, 1.82) is 5.26 Å². The second kappa shape index (κ2) is 7.61. The lowest BCUT2D eigenvalue weighted by Crippen LogP contribution is -2.72. The summed E-state index contributed by atoms with van der Waals surface area (Å²) in [7, 11) is 2.15. The zero-order valence-corrected chi connectivity index (χ0v) is 16.0. The molecule has 6 nitrogen and oxygen atoms in total. The van der Waals surface area contributed by atoms with Gasteiger partial charge in [-0.25, -0.2) is 4.98 Å². The van der Waals surface area contributed by atoms with Gasteiger partial charge in [0.15, 0.2) is 0 Å². The highest BCUT2D eigenvalue weighted by molar-refractivity contribution is 5.95. The van der Waals surface area contributed by atoms with Crippen LogP contribution in [0.5, 0.6) is 5.88 Å². The first-order valence-corrected chi connectivity index (χ1v) is 9.64. The number of hydrogen-bond acceptors (Lipinski definition) is 5. The molecule has 1 amide bonds. The van der Waals surface area contributed by atoms with E-state index in [4.69, 9.17) is 10.00 Å². The van der Waals surface area contributed by atoms with E-state index in [2.05, 4.69) is 23.0 Å². The second-order valence-corrected chi connectivity index (χ2v) is 7.84. The van der Waals surface area contributed by atoms with E-state index in [0.29, 0.717) is 29.5 Å². The number of nitrogens with zero attached hydrogens (tertiary/aromatic N) is 4. The smallest absolute Gasteiger partial charge is 0.254 e. The Morgan fingerprint density at radius 1 is 1.32 bits per heavy atom. The molecule has 0 aliphatic carbocycles. The molecular formula is C22H24N4O2. The number of pyridine rings is 1. The molecule has 2 fully saturated rings. The van der Waals surface area contributed by atoms with Crippen molar-refractivity contribution in [3.63, 3.8) is 0 Å². The molecule has 144 valence electrons. The molecule has 4 rings (SSSR count). The summed E-state index contributed by atoms with van der Waals surface area (Å²) >= 11 is 0. The Balaban J connectivity index is 1.37. The van der Waals surface area contributed by atoms with E-state index in [1.165, 1.54) is 0 Å². The van der Waals surface area contributed by atoms with Crippen LogP contribution in [0, 0.1) is 17.2 Å². The first kappa shape index (κ1) is 18.5. The van der Waals surface area contributed by atoms with Gasteiger partial charge < -0.3 is 9.64 Å². The van der Waals surface area contributed by atoms with Crippen LogP contribution in [0.25, 0.3) is 0 Å². The summed E-state index contributed by atoms with van der Waals surface area (Å²) in [5, 5.41) is 9.05. The van der Waals surface area contributed by atoms with Gasteiger partial charge in [-0.15, -0.1) is 0 Å². The van der Waals surface area contributed by atoms with Crippen molar-refractivity contribution in [2.24, 2.45) is 5.92 Å². The highest BCUT2D eigenvalue weighted by Gasteiger charge is 2.51. The number of amides is 1. The van der Waals surface area contributed by atoms with Crippen molar-refractivity contribution >= 4 is 5.91 Å². The lowest BCUT2D eigenvalue weighted by atomic mass is 9.75. The first-order valence-electron chi connectivity index (χ1n) is 9.64. The second-order valence-electron chi connectivity index (χ2n) is 7.84. The van der Waals surface area contributed by atoms with Gasteiger partial charge in [0.1, 0.15) is 0 Å². The van der Waals surface area contributed by atoms with Gasteiger partial charge in [0, 0.05) is 30.9 Å². The van der Waals surface area contributed by atoms with Crippen molar-refractivity contribution in [2.45, 2.75) is 18.4 Å². The number of benzene rings is 1.